The van der Waals surface area contributed by atoms with Crippen molar-refractivity contribution >= 4 is 11.9 Å². The lowest BCUT2D eigenvalue weighted by Gasteiger charge is -2.23. The lowest BCUT2D eigenvalue weighted by molar-refractivity contribution is -0.141. The van der Waals surface area contributed by atoms with Crippen LogP contribution in [0.25, 0.3) is 0 Å². The van der Waals surface area contributed by atoms with Crippen LogP contribution in [0.3, 0.4) is 0 Å². The molecule has 5 nitrogen and oxygen atoms in total. The highest BCUT2D eigenvalue weighted by Crippen LogP contribution is 2.09. The SMILES string of the molecule is CC(CN(CCO)C(=O)c1ccc(F)cc1)C(=O)O. The Bertz CT molecular complexity index is 446. The van der Waals surface area contributed by atoms with Crippen molar-refractivity contribution in [2.45, 2.75) is 6.92 Å². The van der Waals surface area contributed by atoms with E-state index in [1.807, 2.05) is 0 Å². The molecule has 104 valence electrons. The van der Waals surface area contributed by atoms with Crippen molar-refractivity contribution < 1.29 is 24.2 Å². The summed E-state index contributed by atoms with van der Waals surface area (Å²) >= 11 is 0. The number of amides is 1. The number of carboxylic acids is 1. The Hall–Kier alpha value is -1.95. The highest BCUT2D eigenvalue weighted by molar-refractivity contribution is 5.94. The molecule has 6 heteroatoms. The summed E-state index contributed by atoms with van der Waals surface area (Å²) in [7, 11) is 0. The van der Waals surface area contributed by atoms with Crippen molar-refractivity contribution in [2.75, 3.05) is 19.7 Å². The van der Waals surface area contributed by atoms with Gasteiger partial charge in [-0.2, -0.15) is 0 Å². The highest BCUT2D eigenvalue weighted by Gasteiger charge is 2.21. The zero-order chi connectivity index (χ0) is 14.4. The maximum absolute atomic E-state index is 12.8. The number of carbonyl (C=O) groups excluding carboxylic acids is 1. The van der Waals surface area contributed by atoms with Gasteiger partial charge in [-0.3, -0.25) is 9.59 Å². The van der Waals surface area contributed by atoms with Crippen molar-refractivity contribution in [3.8, 4) is 0 Å². The summed E-state index contributed by atoms with van der Waals surface area (Å²) < 4.78 is 12.8. The second kappa shape index (κ2) is 6.84. The first-order valence-corrected chi connectivity index (χ1v) is 5.84. The van der Waals surface area contributed by atoms with Crippen LogP contribution in [0.15, 0.2) is 24.3 Å². The van der Waals surface area contributed by atoms with Gasteiger partial charge in [0, 0.05) is 18.7 Å². The van der Waals surface area contributed by atoms with Gasteiger partial charge in [0.25, 0.3) is 5.91 Å². The van der Waals surface area contributed by atoms with E-state index in [1.165, 1.54) is 24.0 Å². The van der Waals surface area contributed by atoms with E-state index >= 15 is 0 Å². The number of nitrogens with zero attached hydrogens (tertiary/aromatic N) is 1. The first kappa shape index (κ1) is 15.1. The summed E-state index contributed by atoms with van der Waals surface area (Å²) in [6, 6.07) is 4.97. The van der Waals surface area contributed by atoms with Gasteiger partial charge >= 0.3 is 5.97 Å². The number of hydrogen-bond acceptors (Lipinski definition) is 3. The Morgan fingerprint density at radius 2 is 1.89 bits per heavy atom. The predicted molar refractivity (Wildman–Crippen MR) is 66.2 cm³/mol. The molecule has 0 saturated heterocycles. The maximum Gasteiger partial charge on any atom is 0.308 e. The molecule has 1 aromatic carbocycles. The van der Waals surface area contributed by atoms with Crippen LogP contribution < -0.4 is 0 Å². The monoisotopic (exact) mass is 269 g/mol. The van der Waals surface area contributed by atoms with Gasteiger partial charge in [-0.15, -0.1) is 0 Å². The zero-order valence-electron chi connectivity index (χ0n) is 10.5. The number of carboxylic acid groups (broad SMARTS) is 1. The largest absolute Gasteiger partial charge is 0.481 e. The summed E-state index contributed by atoms with van der Waals surface area (Å²) in [5, 5.41) is 17.8. The maximum atomic E-state index is 12.8. The number of rotatable bonds is 6. The Balaban J connectivity index is 2.83. The summed E-state index contributed by atoms with van der Waals surface area (Å²) in [4.78, 5) is 24.1. The molecular weight excluding hydrogens is 253 g/mol. The van der Waals surface area contributed by atoms with Crippen LogP contribution in [-0.2, 0) is 4.79 Å². The summed E-state index contributed by atoms with van der Waals surface area (Å²) in [5.74, 6) is -2.64. The molecule has 0 aliphatic rings. The van der Waals surface area contributed by atoms with Crippen LogP contribution in [0.2, 0.25) is 0 Å². The van der Waals surface area contributed by atoms with Crippen molar-refractivity contribution in [1.82, 2.24) is 4.90 Å². The molecule has 0 heterocycles. The lowest BCUT2D eigenvalue weighted by Crippen LogP contribution is -2.38. The third-order valence-corrected chi connectivity index (χ3v) is 2.66. The quantitative estimate of drug-likeness (QED) is 0.807. The van der Waals surface area contributed by atoms with Gasteiger partial charge in [-0.05, 0) is 24.3 Å². The summed E-state index contributed by atoms with van der Waals surface area (Å²) in [6.45, 7) is 1.24. The van der Waals surface area contributed by atoms with E-state index < -0.39 is 23.6 Å². The molecule has 1 amide bonds. The number of benzene rings is 1. The van der Waals surface area contributed by atoms with Gasteiger partial charge in [0.2, 0.25) is 0 Å². The molecule has 19 heavy (non-hydrogen) atoms. The van der Waals surface area contributed by atoms with Gasteiger partial charge in [-0.25, -0.2) is 4.39 Å². The van der Waals surface area contributed by atoms with Crippen LogP contribution in [-0.4, -0.2) is 46.7 Å². The highest BCUT2D eigenvalue weighted by atomic mass is 19.1. The van der Waals surface area contributed by atoms with E-state index in [4.69, 9.17) is 10.2 Å². The molecule has 1 unspecified atom stereocenters. The fourth-order valence-corrected chi connectivity index (χ4v) is 1.58. The number of aliphatic hydroxyl groups excluding tert-OH is 1. The molecule has 1 atom stereocenters. The first-order valence-electron chi connectivity index (χ1n) is 5.84. The van der Waals surface area contributed by atoms with Gasteiger partial charge in [-0.1, -0.05) is 6.92 Å². The minimum atomic E-state index is -1.02. The minimum Gasteiger partial charge on any atom is -0.481 e. The molecule has 1 rings (SSSR count). The van der Waals surface area contributed by atoms with Crippen molar-refractivity contribution in [2.24, 2.45) is 5.92 Å². The fraction of sp³-hybridized carbons (Fsp3) is 0.385. The number of aliphatic carboxylic acids is 1. The van der Waals surface area contributed by atoms with E-state index in [0.29, 0.717) is 0 Å². The van der Waals surface area contributed by atoms with Crippen molar-refractivity contribution in [3.63, 3.8) is 0 Å². The lowest BCUT2D eigenvalue weighted by atomic mass is 10.1. The topological polar surface area (TPSA) is 77.8 Å². The van der Waals surface area contributed by atoms with Crippen LogP contribution in [0.1, 0.15) is 17.3 Å². The molecule has 0 saturated carbocycles. The molecule has 0 fully saturated rings. The molecule has 0 aromatic heterocycles. The molecule has 0 bridgehead atoms. The second-order valence-corrected chi connectivity index (χ2v) is 4.22. The molecule has 0 radical (unpaired) electrons. The fourth-order valence-electron chi connectivity index (χ4n) is 1.58. The van der Waals surface area contributed by atoms with E-state index in [1.54, 1.807) is 0 Å². The molecule has 0 spiro atoms. The predicted octanol–water partition coefficient (Wildman–Crippen LogP) is 0.981. The summed E-state index contributed by atoms with van der Waals surface area (Å²) in [5.41, 5.74) is 0.257. The Labute approximate surface area is 110 Å². The molecule has 0 aliphatic heterocycles. The average Bonchev–Trinajstić information content (AvgIpc) is 2.38. The van der Waals surface area contributed by atoms with Gasteiger partial charge in [0.05, 0.1) is 12.5 Å². The molecule has 2 N–H and O–H groups in total. The Kier molecular flexibility index (Phi) is 5.44. The van der Waals surface area contributed by atoms with Gasteiger partial charge in [0.15, 0.2) is 0 Å². The molecule has 0 aliphatic carbocycles. The number of halogens is 1. The number of hydrogen-bond donors (Lipinski definition) is 2. The van der Waals surface area contributed by atoms with Crippen LogP contribution >= 0.6 is 0 Å². The number of carbonyl (C=O) groups is 2. The van der Waals surface area contributed by atoms with E-state index in [2.05, 4.69) is 0 Å². The zero-order valence-corrected chi connectivity index (χ0v) is 10.5. The standard InChI is InChI=1S/C13H16FNO4/c1-9(13(18)19)8-15(6-7-16)12(17)10-2-4-11(14)5-3-10/h2-5,9,16H,6-8H2,1H3,(H,18,19). The van der Waals surface area contributed by atoms with Gasteiger partial charge in [0.1, 0.15) is 5.82 Å². The van der Waals surface area contributed by atoms with Crippen LogP contribution in [0.4, 0.5) is 4.39 Å². The van der Waals surface area contributed by atoms with Crippen LogP contribution in [0.5, 0.6) is 0 Å². The molecular formula is C13H16FNO4. The van der Waals surface area contributed by atoms with Gasteiger partial charge < -0.3 is 15.1 Å². The summed E-state index contributed by atoms with van der Waals surface area (Å²) in [6.07, 6.45) is 0. The van der Waals surface area contributed by atoms with Crippen molar-refractivity contribution in [3.05, 3.63) is 35.6 Å². The van der Waals surface area contributed by atoms with Crippen LogP contribution in [0, 0.1) is 11.7 Å². The number of aliphatic hydroxyl groups is 1. The Morgan fingerprint density at radius 1 is 1.32 bits per heavy atom. The minimum absolute atomic E-state index is 0.00783. The first-order chi connectivity index (χ1) is 8.95. The van der Waals surface area contributed by atoms with E-state index in [0.717, 1.165) is 12.1 Å². The van der Waals surface area contributed by atoms with Crippen molar-refractivity contribution in [1.29, 1.82) is 0 Å². The third kappa shape index (κ3) is 4.33. The third-order valence-electron chi connectivity index (χ3n) is 2.66. The smallest absolute Gasteiger partial charge is 0.308 e. The van der Waals surface area contributed by atoms with E-state index in [-0.39, 0.29) is 25.3 Å². The Morgan fingerprint density at radius 3 is 2.37 bits per heavy atom. The normalized spacial score (nSPS) is 11.9. The average molecular weight is 269 g/mol. The second-order valence-electron chi connectivity index (χ2n) is 4.22. The molecule has 1 aromatic rings. The van der Waals surface area contributed by atoms with E-state index in [9.17, 15) is 14.0 Å².